The number of hydrogen-bond acceptors (Lipinski definition) is 4. The Morgan fingerprint density at radius 2 is 1.78 bits per heavy atom. The van der Waals surface area contributed by atoms with Crippen molar-refractivity contribution in [2.75, 3.05) is 4.90 Å². The van der Waals surface area contributed by atoms with Crippen LogP contribution in [0.15, 0.2) is 54.6 Å². The van der Waals surface area contributed by atoms with Gasteiger partial charge < -0.3 is 4.90 Å². The van der Waals surface area contributed by atoms with Gasteiger partial charge in [-0.3, -0.25) is 4.79 Å². The van der Waals surface area contributed by atoms with Crippen LogP contribution in [0.25, 0.3) is 6.08 Å². The summed E-state index contributed by atoms with van der Waals surface area (Å²) in [7, 11) is 0. The number of nitriles is 2. The van der Waals surface area contributed by atoms with Crippen molar-refractivity contribution in [1.82, 2.24) is 0 Å². The van der Waals surface area contributed by atoms with Gasteiger partial charge in [-0.05, 0) is 52.8 Å². The highest BCUT2D eigenvalue weighted by molar-refractivity contribution is 14.1. The third-order valence-corrected chi connectivity index (χ3v) is 6.55. The summed E-state index contributed by atoms with van der Waals surface area (Å²) in [5, 5.41) is 20.4. The van der Waals surface area contributed by atoms with Gasteiger partial charge in [-0.2, -0.15) is 10.5 Å². The molecule has 4 rings (SSSR count). The van der Waals surface area contributed by atoms with E-state index in [0.717, 1.165) is 20.4 Å². The number of nitrogens with zero attached hydrogens (tertiary/aromatic N) is 3. The third-order valence-electron chi connectivity index (χ3n) is 5.57. The predicted molar refractivity (Wildman–Crippen MR) is 112 cm³/mol. The number of halogens is 1. The number of Topliss-reactive ketones (excluding diaryl/α,β-unsaturated/α-hetero) is 1. The fraction of sp³-hybridized carbons (Fsp3) is 0.227. The van der Waals surface area contributed by atoms with Crippen LogP contribution in [0, 0.1) is 31.6 Å². The summed E-state index contributed by atoms with van der Waals surface area (Å²) in [4.78, 5) is 14.8. The number of benzene rings is 2. The van der Waals surface area contributed by atoms with Crippen LogP contribution in [0.1, 0.15) is 24.0 Å². The van der Waals surface area contributed by atoms with Crippen molar-refractivity contribution < 1.29 is 4.79 Å². The van der Waals surface area contributed by atoms with Crippen molar-refractivity contribution in [3.63, 3.8) is 0 Å². The van der Waals surface area contributed by atoms with E-state index in [4.69, 9.17) is 0 Å². The summed E-state index contributed by atoms with van der Waals surface area (Å²) >= 11 is 2.22. The van der Waals surface area contributed by atoms with E-state index in [0.29, 0.717) is 0 Å². The zero-order valence-corrected chi connectivity index (χ0v) is 16.8. The lowest BCUT2D eigenvalue weighted by Gasteiger charge is -2.35. The van der Waals surface area contributed by atoms with Gasteiger partial charge in [0.25, 0.3) is 0 Å². The summed E-state index contributed by atoms with van der Waals surface area (Å²) in [5.41, 5.74) is 1.42. The molecule has 0 aliphatic carbocycles. The number of carbonyl (C=O) groups is 1. The number of para-hydroxylation sites is 1. The highest BCUT2D eigenvalue weighted by atomic mass is 127. The number of hydrogen-bond donors (Lipinski definition) is 0. The van der Waals surface area contributed by atoms with Crippen LogP contribution in [0.3, 0.4) is 0 Å². The summed E-state index contributed by atoms with van der Waals surface area (Å²) in [6, 6.07) is 19.1. The maximum Gasteiger partial charge on any atom is 0.176 e. The van der Waals surface area contributed by atoms with Crippen LogP contribution >= 0.6 is 22.6 Å². The van der Waals surface area contributed by atoms with E-state index in [9.17, 15) is 15.3 Å². The van der Waals surface area contributed by atoms with Crippen LogP contribution < -0.4 is 4.90 Å². The van der Waals surface area contributed by atoms with Crippen molar-refractivity contribution in [2.24, 2.45) is 5.41 Å². The van der Waals surface area contributed by atoms with Gasteiger partial charge in [0.1, 0.15) is 0 Å². The van der Waals surface area contributed by atoms with Gasteiger partial charge in [0.2, 0.25) is 0 Å². The molecule has 2 heterocycles. The quantitative estimate of drug-likeness (QED) is 0.621. The van der Waals surface area contributed by atoms with Crippen LogP contribution in [0.4, 0.5) is 5.69 Å². The van der Waals surface area contributed by atoms with Crippen molar-refractivity contribution in [1.29, 1.82) is 10.5 Å². The molecule has 0 spiro atoms. The Morgan fingerprint density at radius 1 is 1.11 bits per heavy atom. The number of ketones is 1. The first-order chi connectivity index (χ1) is 13.0. The lowest BCUT2D eigenvalue weighted by atomic mass is 9.69. The number of rotatable bonds is 2. The Kier molecular flexibility index (Phi) is 4.28. The topological polar surface area (TPSA) is 67.9 Å². The van der Waals surface area contributed by atoms with E-state index in [1.54, 1.807) is 6.92 Å². The number of carbonyl (C=O) groups excluding carboxylic acids is 1. The first-order valence-corrected chi connectivity index (χ1v) is 9.76. The molecule has 4 nitrogen and oxygen atoms in total. The average molecular weight is 465 g/mol. The smallest absolute Gasteiger partial charge is 0.176 e. The molecule has 27 heavy (non-hydrogen) atoms. The largest absolute Gasteiger partial charge is 0.351 e. The summed E-state index contributed by atoms with van der Waals surface area (Å²) in [6.07, 6.45) is 3.86. The second-order valence-corrected chi connectivity index (χ2v) is 8.08. The zero-order valence-electron chi connectivity index (χ0n) is 14.6. The Morgan fingerprint density at radius 3 is 2.44 bits per heavy atom. The van der Waals surface area contributed by atoms with Crippen LogP contribution in [-0.4, -0.2) is 17.9 Å². The van der Waals surface area contributed by atoms with Crippen molar-refractivity contribution in [3.8, 4) is 12.1 Å². The number of fused-ring (bicyclic) bond motifs is 3. The van der Waals surface area contributed by atoms with Gasteiger partial charge in [0.05, 0.1) is 24.2 Å². The summed E-state index contributed by atoms with van der Waals surface area (Å²) in [5.74, 6) is -0.568. The Bertz CT molecular complexity index is 1030. The first kappa shape index (κ1) is 17.8. The molecule has 0 amide bonds. The van der Waals surface area contributed by atoms with Crippen molar-refractivity contribution >= 4 is 40.1 Å². The molecule has 0 N–H and O–H groups in total. The average Bonchev–Trinajstić information content (AvgIpc) is 2.99. The molecule has 2 aliphatic heterocycles. The van der Waals surface area contributed by atoms with E-state index in [1.807, 2.05) is 65.6 Å². The van der Waals surface area contributed by atoms with Gasteiger partial charge in [-0.15, -0.1) is 0 Å². The summed E-state index contributed by atoms with van der Waals surface area (Å²) in [6.45, 7) is 1.55. The zero-order chi connectivity index (χ0) is 19.2. The standard InChI is InChI=1S/C22H16IN3O/c1-14(27)21-20(16-7-3-4-8-17(16)23)22(12-24,13-25)19-11-10-15-6-2-5-9-18(15)26(19)21/h2-11,19-21H,1H3/t19-,20+,21+/m0/s1. The second-order valence-electron chi connectivity index (χ2n) is 6.92. The lowest BCUT2D eigenvalue weighted by Crippen LogP contribution is -2.43. The van der Waals surface area contributed by atoms with E-state index in [-0.39, 0.29) is 5.78 Å². The normalized spacial score (nSPS) is 24.4. The predicted octanol–water partition coefficient (Wildman–Crippen LogP) is 4.28. The van der Waals surface area contributed by atoms with Crippen LogP contribution in [-0.2, 0) is 4.79 Å². The molecule has 1 saturated heterocycles. The van der Waals surface area contributed by atoms with Gasteiger partial charge in [0, 0.05) is 15.2 Å². The SMILES string of the molecule is CC(=O)[C@@H]1[C@@H](c2ccccc2I)C(C#N)(C#N)[C@@H]2C=Cc3ccccc3N12. The Hall–Kier alpha value is -2.64. The van der Waals surface area contributed by atoms with Gasteiger partial charge in [-0.25, -0.2) is 0 Å². The molecule has 0 saturated carbocycles. The fourth-order valence-electron chi connectivity index (χ4n) is 4.46. The highest BCUT2D eigenvalue weighted by Gasteiger charge is 2.62. The van der Waals surface area contributed by atoms with E-state index >= 15 is 0 Å². The van der Waals surface area contributed by atoms with Crippen LogP contribution in [0.5, 0.6) is 0 Å². The lowest BCUT2D eigenvalue weighted by molar-refractivity contribution is -0.118. The van der Waals surface area contributed by atoms with Crippen molar-refractivity contribution in [3.05, 3.63) is 69.3 Å². The van der Waals surface area contributed by atoms with Crippen molar-refractivity contribution in [2.45, 2.75) is 24.9 Å². The molecule has 5 heteroatoms. The monoisotopic (exact) mass is 465 g/mol. The molecule has 0 radical (unpaired) electrons. The minimum absolute atomic E-state index is 0.0397. The van der Waals surface area contributed by atoms with Gasteiger partial charge in [0.15, 0.2) is 11.2 Å². The number of anilines is 1. The maximum absolute atomic E-state index is 12.8. The molecule has 132 valence electrons. The summed E-state index contributed by atoms with van der Waals surface area (Å²) < 4.78 is 0.957. The Balaban J connectivity index is 2.03. The maximum atomic E-state index is 12.8. The fourth-order valence-corrected chi connectivity index (χ4v) is 5.18. The molecule has 0 bridgehead atoms. The van der Waals surface area contributed by atoms with Crippen LogP contribution in [0.2, 0.25) is 0 Å². The molecule has 1 fully saturated rings. The molecular weight excluding hydrogens is 449 g/mol. The molecular formula is C22H16IN3O. The molecule has 2 aliphatic rings. The first-order valence-electron chi connectivity index (χ1n) is 8.68. The second kappa shape index (κ2) is 6.51. The highest BCUT2D eigenvalue weighted by Crippen LogP contribution is 2.55. The third kappa shape index (κ3) is 2.42. The minimum Gasteiger partial charge on any atom is -0.351 e. The molecule has 2 aromatic rings. The molecule has 2 aromatic carbocycles. The molecule has 0 aromatic heterocycles. The van der Waals surface area contributed by atoms with E-state index < -0.39 is 23.4 Å². The van der Waals surface area contributed by atoms with Gasteiger partial charge >= 0.3 is 0 Å². The molecule has 3 atom stereocenters. The van der Waals surface area contributed by atoms with E-state index in [2.05, 4.69) is 34.7 Å². The minimum atomic E-state index is -1.35. The van der Waals surface area contributed by atoms with Gasteiger partial charge in [-0.1, -0.05) is 48.6 Å². The Labute approximate surface area is 171 Å². The molecule has 0 unspecified atom stereocenters. The van der Waals surface area contributed by atoms with E-state index in [1.165, 1.54) is 0 Å².